The first-order chi connectivity index (χ1) is 6.42. The zero-order valence-electron chi connectivity index (χ0n) is 7.65. The molecule has 0 amide bonds. The molecule has 2 heterocycles. The van der Waals surface area contributed by atoms with Crippen molar-refractivity contribution in [2.45, 2.75) is 19.4 Å². The third-order valence-corrected chi connectivity index (χ3v) is 3.90. The maximum absolute atomic E-state index is 4.09. The molecular weight excluding hydrogens is 180 g/mol. The van der Waals surface area contributed by atoms with Crippen molar-refractivity contribution in [2.75, 3.05) is 13.1 Å². The standard InChI is InChI=1S/C10H14N2S/c1-2-8(1)9-4-12(5-9)6-10-3-11-7-13-10/h3,7-9H,1-2,4-6H2. The Labute approximate surface area is 82.6 Å². The molecule has 3 heteroatoms. The molecule has 2 fully saturated rings. The van der Waals surface area contributed by atoms with Crippen LogP contribution in [0.2, 0.25) is 0 Å². The van der Waals surface area contributed by atoms with Gasteiger partial charge in [0.1, 0.15) is 0 Å². The van der Waals surface area contributed by atoms with Crippen molar-refractivity contribution in [3.63, 3.8) is 0 Å². The van der Waals surface area contributed by atoms with Crippen molar-refractivity contribution in [1.29, 1.82) is 0 Å². The van der Waals surface area contributed by atoms with Crippen molar-refractivity contribution in [1.82, 2.24) is 9.88 Å². The highest BCUT2D eigenvalue weighted by molar-refractivity contribution is 7.09. The topological polar surface area (TPSA) is 16.1 Å². The summed E-state index contributed by atoms with van der Waals surface area (Å²) in [6.45, 7) is 3.80. The van der Waals surface area contributed by atoms with E-state index in [1.54, 1.807) is 11.3 Å². The van der Waals surface area contributed by atoms with Gasteiger partial charge in [-0.15, -0.1) is 11.3 Å². The number of hydrogen-bond donors (Lipinski definition) is 0. The number of aromatic nitrogens is 1. The maximum Gasteiger partial charge on any atom is 0.0794 e. The minimum Gasteiger partial charge on any atom is -0.298 e. The lowest BCUT2D eigenvalue weighted by Crippen LogP contribution is -2.46. The molecule has 0 N–H and O–H groups in total. The molecule has 0 radical (unpaired) electrons. The molecule has 1 aliphatic carbocycles. The summed E-state index contributed by atoms with van der Waals surface area (Å²) < 4.78 is 0. The molecule has 3 rings (SSSR count). The van der Waals surface area contributed by atoms with E-state index in [1.807, 2.05) is 11.7 Å². The van der Waals surface area contributed by atoms with Crippen molar-refractivity contribution < 1.29 is 0 Å². The smallest absolute Gasteiger partial charge is 0.0794 e. The molecule has 0 unspecified atom stereocenters. The molecule has 2 nitrogen and oxygen atoms in total. The van der Waals surface area contributed by atoms with E-state index in [0.29, 0.717) is 0 Å². The Morgan fingerprint density at radius 1 is 1.38 bits per heavy atom. The first kappa shape index (κ1) is 7.94. The highest BCUT2D eigenvalue weighted by Crippen LogP contribution is 2.41. The minimum absolute atomic E-state index is 1.04. The Kier molecular flexibility index (Phi) is 1.87. The molecule has 1 aromatic rings. The van der Waals surface area contributed by atoms with Gasteiger partial charge in [0.15, 0.2) is 0 Å². The Morgan fingerprint density at radius 2 is 2.23 bits per heavy atom. The number of rotatable bonds is 3. The number of thiazole rings is 1. The van der Waals surface area contributed by atoms with Crippen LogP contribution < -0.4 is 0 Å². The predicted octanol–water partition coefficient (Wildman–Crippen LogP) is 1.98. The molecule has 0 atom stereocenters. The Balaban J connectivity index is 1.49. The molecule has 0 bridgehead atoms. The Hall–Kier alpha value is -0.410. The normalized spacial score (nSPS) is 24.6. The zero-order chi connectivity index (χ0) is 8.67. The van der Waals surface area contributed by atoms with Gasteiger partial charge in [-0.2, -0.15) is 0 Å². The summed E-state index contributed by atoms with van der Waals surface area (Å²) in [5.41, 5.74) is 1.92. The quantitative estimate of drug-likeness (QED) is 0.731. The molecular formula is C10H14N2S. The van der Waals surface area contributed by atoms with Crippen LogP contribution in [0.1, 0.15) is 17.7 Å². The average molecular weight is 194 g/mol. The monoisotopic (exact) mass is 194 g/mol. The van der Waals surface area contributed by atoms with Crippen LogP contribution in [0.25, 0.3) is 0 Å². The maximum atomic E-state index is 4.09. The molecule has 1 saturated carbocycles. The third kappa shape index (κ3) is 1.63. The second-order valence-electron chi connectivity index (χ2n) is 4.26. The zero-order valence-corrected chi connectivity index (χ0v) is 8.46. The SMILES string of the molecule is c1ncc(CN2CC(C3CC3)C2)s1. The van der Waals surface area contributed by atoms with Crippen LogP contribution in [0.4, 0.5) is 0 Å². The molecule has 13 heavy (non-hydrogen) atoms. The van der Waals surface area contributed by atoms with E-state index in [4.69, 9.17) is 0 Å². The summed E-state index contributed by atoms with van der Waals surface area (Å²) in [5.74, 6) is 2.13. The van der Waals surface area contributed by atoms with E-state index in [-0.39, 0.29) is 0 Å². The second kappa shape index (κ2) is 3.07. The first-order valence-corrected chi connectivity index (χ1v) is 5.89. The van der Waals surface area contributed by atoms with Crippen molar-refractivity contribution >= 4 is 11.3 Å². The van der Waals surface area contributed by atoms with Crippen LogP contribution in [0.3, 0.4) is 0 Å². The van der Waals surface area contributed by atoms with E-state index in [0.717, 1.165) is 18.4 Å². The molecule has 1 aromatic heterocycles. The van der Waals surface area contributed by atoms with Gasteiger partial charge in [-0.25, -0.2) is 0 Å². The second-order valence-corrected chi connectivity index (χ2v) is 5.23. The fourth-order valence-corrected chi connectivity index (χ4v) is 2.78. The predicted molar refractivity (Wildman–Crippen MR) is 53.6 cm³/mol. The molecule has 0 spiro atoms. The summed E-state index contributed by atoms with van der Waals surface area (Å²) in [6.07, 6.45) is 4.99. The molecule has 70 valence electrons. The summed E-state index contributed by atoms with van der Waals surface area (Å²) in [6, 6.07) is 0. The van der Waals surface area contributed by atoms with Crippen LogP contribution >= 0.6 is 11.3 Å². The van der Waals surface area contributed by atoms with Gasteiger partial charge in [0, 0.05) is 30.7 Å². The van der Waals surface area contributed by atoms with Crippen LogP contribution in [0.15, 0.2) is 11.7 Å². The van der Waals surface area contributed by atoms with E-state index >= 15 is 0 Å². The summed E-state index contributed by atoms with van der Waals surface area (Å²) >= 11 is 1.77. The minimum atomic E-state index is 1.04. The van der Waals surface area contributed by atoms with Gasteiger partial charge in [0.25, 0.3) is 0 Å². The lowest BCUT2D eigenvalue weighted by atomic mass is 9.95. The van der Waals surface area contributed by atoms with Crippen molar-refractivity contribution in [3.8, 4) is 0 Å². The van der Waals surface area contributed by atoms with Gasteiger partial charge in [-0.05, 0) is 24.7 Å². The summed E-state index contributed by atoms with van der Waals surface area (Å²) in [7, 11) is 0. The van der Waals surface area contributed by atoms with E-state index in [9.17, 15) is 0 Å². The number of likely N-dealkylation sites (tertiary alicyclic amines) is 1. The van der Waals surface area contributed by atoms with E-state index < -0.39 is 0 Å². The van der Waals surface area contributed by atoms with Crippen LogP contribution in [-0.4, -0.2) is 23.0 Å². The van der Waals surface area contributed by atoms with Gasteiger partial charge < -0.3 is 0 Å². The number of hydrogen-bond acceptors (Lipinski definition) is 3. The summed E-state index contributed by atoms with van der Waals surface area (Å²) in [5, 5.41) is 0. The van der Waals surface area contributed by atoms with Crippen LogP contribution in [-0.2, 0) is 6.54 Å². The van der Waals surface area contributed by atoms with E-state index in [2.05, 4.69) is 9.88 Å². The first-order valence-electron chi connectivity index (χ1n) is 5.01. The summed E-state index contributed by atoms with van der Waals surface area (Å²) in [4.78, 5) is 8.04. The highest BCUT2D eigenvalue weighted by Gasteiger charge is 2.38. The molecule has 1 aliphatic heterocycles. The van der Waals surface area contributed by atoms with Gasteiger partial charge in [0.05, 0.1) is 5.51 Å². The van der Waals surface area contributed by atoms with Crippen LogP contribution in [0, 0.1) is 11.8 Å². The van der Waals surface area contributed by atoms with E-state index in [1.165, 1.54) is 30.8 Å². The van der Waals surface area contributed by atoms with Gasteiger partial charge in [-0.3, -0.25) is 9.88 Å². The molecule has 0 aromatic carbocycles. The lowest BCUT2D eigenvalue weighted by Gasteiger charge is -2.39. The molecule has 2 aliphatic rings. The van der Waals surface area contributed by atoms with Crippen molar-refractivity contribution in [3.05, 3.63) is 16.6 Å². The lowest BCUT2D eigenvalue weighted by molar-refractivity contribution is 0.0786. The third-order valence-electron chi connectivity index (χ3n) is 3.14. The number of nitrogens with zero attached hydrogens (tertiary/aromatic N) is 2. The van der Waals surface area contributed by atoms with Gasteiger partial charge in [0.2, 0.25) is 0 Å². The van der Waals surface area contributed by atoms with Crippen LogP contribution in [0.5, 0.6) is 0 Å². The van der Waals surface area contributed by atoms with Gasteiger partial charge in [-0.1, -0.05) is 0 Å². The Morgan fingerprint density at radius 3 is 2.85 bits per heavy atom. The van der Waals surface area contributed by atoms with Gasteiger partial charge >= 0.3 is 0 Å². The average Bonchev–Trinajstić information content (AvgIpc) is 2.75. The fraction of sp³-hybridized carbons (Fsp3) is 0.700. The largest absolute Gasteiger partial charge is 0.298 e. The fourth-order valence-electron chi connectivity index (χ4n) is 2.15. The highest BCUT2D eigenvalue weighted by atomic mass is 32.1. The molecule has 1 saturated heterocycles. The Bertz CT molecular complexity index is 273. The van der Waals surface area contributed by atoms with Crippen molar-refractivity contribution in [2.24, 2.45) is 11.8 Å².